The minimum atomic E-state index is 0.646. The highest BCUT2D eigenvalue weighted by Gasteiger charge is 2.22. The van der Waals surface area contributed by atoms with Crippen molar-refractivity contribution in [3.63, 3.8) is 0 Å². The summed E-state index contributed by atoms with van der Waals surface area (Å²) in [6.45, 7) is 8.09. The average Bonchev–Trinajstić information content (AvgIpc) is 3.19. The van der Waals surface area contributed by atoms with Crippen molar-refractivity contribution < 1.29 is 0 Å². The molecular formula is C16H25N. The maximum absolute atomic E-state index is 3.64. The van der Waals surface area contributed by atoms with Crippen LogP contribution < -0.4 is 5.32 Å². The summed E-state index contributed by atoms with van der Waals surface area (Å²) in [5, 5.41) is 3.64. The van der Waals surface area contributed by atoms with Crippen LogP contribution in [0.15, 0.2) is 24.3 Å². The van der Waals surface area contributed by atoms with E-state index in [9.17, 15) is 0 Å². The van der Waals surface area contributed by atoms with Crippen LogP contribution in [0.25, 0.3) is 0 Å². The Morgan fingerprint density at radius 1 is 1.29 bits per heavy atom. The fraction of sp³-hybridized carbons (Fsp3) is 0.625. The Bertz CT molecular complexity index is 354. The van der Waals surface area contributed by atoms with Crippen molar-refractivity contribution in [2.45, 2.75) is 52.0 Å². The Morgan fingerprint density at radius 3 is 2.71 bits per heavy atom. The van der Waals surface area contributed by atoms with Gasteiger partial charge < -0.3 is 5.32 Å². The number of benzene rings is 1. The van der Waals surface area contributed by atoms with Gasteiger partial charge in [-0.3, -0.25) is 0 Å². The van der Waals surface area contributed by atoms with Gasteiger partial charge in [-0.2, -0.15) is 0 Å². The van der Waals surface area contributed by atoms with Crippen LogP contribution in [0.5, 0.6) is 0 Å². The van der Waals surface area contributed by atoms with Crippen molar-refractivity contribution >= 4 is 0 Å². The van der Waals surface area contributed by atoms with Crippen LogP contribution in [-0.4, -0.2) is 12.6 Å². The number of aryl methyl sites for hydroxylation is 1. The molecule has 94 valence electrons. The smallest absolute Gasteiger partial charge is 0.00683 e. The van der Waals surface area contributed by atoms with E-state index in [0.29, 0.717) is 11.8 Å². The van der Waals surface area contributed by atoms with Gasteiger partial charge in [0.15, 0.2) is 0 Å². The Labute approximate surface area is 106 Å². The summed E-state index contributed by atoms with van der Waals surface area (Å²) in [4.78, 5) is 0. The summed E-state index contributed by atoms with van der Waals surface area (Å²) >= 11 is 0. The Hall–Kier alpha value is -0.820. The summed E-state index contributed by atoms with van der Waals surface area (Å²) in [5.41, 5.74) is 2.95. The van der Waals surface area contributed by atoms with Crippen LogP contribution in [0.1, 0.15) is 50.7 Å². The van der Waals surface area contributed by atoms with E-state index in [0.717, 1.165) is 19.0 Å². The van der Waals surface area contributed by atoms with E-state index in [-0.39, 0.29) is 0 Å². The molecular weight excluding hydrogens is 206 g/mol. The van der Waals surface area contributed by atoms with Crippen LogP contribution in [0, 0.1) is 5.92 Å². The molecule has 1 aromatic carbocycles. The lowest BCUT2D eigenvalue weighted by Gasteiger charge is -2.21. The van der Waals surface area contributed by atoms with Gasteiger partial charge in [0.2, 0.25) is 0 Å². The highest BCUT2D eigenvalue weighted by Crippen LogP contribution is 2.26. The molecule has 0 spiro atoms. The highest BCUT2D eigenvalue weighted by molar-refractivity contribution is 5.26. The summed E-state index contributed by atoms with van der Waals surface area (Å²) in [6.07, 6.45) is 3.90. The van der Waals surface area contributed by atoms with E-state index < -0.39 is 0 Å². The fourth-order valence-corrected chi connectivity index (χ4v) is 2.24. The van der Waals surface area contributed by atoms with Crippen molar-refractivity contribution in [3.8, 4) is 0 Å². The molecule has 1 heteroatoms. The second kappa shape index (κ2) is 5.68. The van der Waals surface area contributed by atoms with Gasteiger partial charge in [-0.15, -0.1) is 0 Å². The second-order valence-corrected chi connectivity index (χ2v) is 5.55. The third-order valence-corrected chi connectivity index (χ3v) is 4.04. The molecule has 17 heavy (non-hydrogen) atoms. The summed E-state index contributed by atoms with van der Waals surface area (Å²) < 4.78 is 0. The maximum atomic E-state index is 3.64. The van der Waals surface area contributed by atoms with Crippen LogP contribution in [-0.2, 0) is 6.42 Å². The molecule has 1 aliphatic carbocycles. The first kappa shape index (κ1) is 12.6. The molecule has 0 heterocycles. The van der Waals surface area contributed by atoms with Crippen LogP contribution in [0.3, 0.4) is 0 Å². The van der Waals surface area contributed by atoms with Crippen molar-refractivity contribution in [2.24, 2.45) is 5.92 Å². The van der Waals surface area contributed by atoms with E-state index in [2.05, 4.69) is 50.4 Å². The maximum Gasteiger partial charge on any atom is 0.00683 e. The molecule has 1 nitrogen and oxygen atoms in total. The molecule has 0 amide bonds. The topological polar surface area (TPSA) is 12.0 Å². The summed E-state index contributed by atoms with van der Waals surface area (Å²) in [6, 6.07) is 9.90. The van der Waals surface area contributed by atoms with E-state index >= 15 is 0 Å². The molecule has 2 atom stereocenters. The van der Waals surface area contributed by atoms with E-state index in [1.807, 2.05) is 0 Å². The lowest BCUT2D eigenvalue weighted by molar-refractivity contribution is 0.446. The zero-order valence-electron chi connectivity index (χ0n) is 11.4. The van der Waals surface area contributed by atoms with Gasteiger partial charge in [-0.1, -0.05) is 45.0 Å². The molecule has 2 unspecified atom stereocenters. The lowest BCUT2D eigenvalue weighted by Crippen LogP contribution is -2.26. The standard InChI is InChI=1S/C16H25N/c1-4-14-6-5-7-15(10-14)13(3)12(2)11-17-16-8-9-16/h5-7,10,12-13,16-17H,4,8-9,11H2,1-3H3. The Kier molecular flexibility index (Phi) is 4.22. The monoisotopic (exact) mass is 231 g/mol. The van der Waals surface area contributed by atoms with Crippen LogP contribution >= 0.6 is 0 Å². The zero-order chi connectivity index (χ0) is 12.3. The number of hydrogen-bond acceptors (Lipinski definition) is 1. The molecule has 0 aromatic heterocycles. The number of nitrogens with one attached hydrogen (secondary N) is 1. The molecule has 0 saturated heterocycles. The third kappa shape index (κ3) is 3.57. The first-order valence-corrected chi connectivity index (χ1v) is 7.03. The Morgan fingerprint density at radius 2 is 2.06 bits per heavy atom. The first-order valence-electron chi connectivity index (χ1n) is 7.03. The van der Waals surface area contributed by atoms with Gasteiger partial charge in [-0.05, 0) is 48.8 Å². The molecule has 1 aliphatic rings. The van der Waals surface area contributed by atoms with Gasteiger partial charge in [0.05, 0.1) is 0 Å². The summed E-state index contributed by atoms with van der Waals surface area (Å²) in [5.74, 6) is 1.36. The number of hydrogen-bond donors (Lipinski definition) is 1. The van der Waals surface area contributed by atoms with Crippen LogP contribution in [0.2, 0.25) is 0 Å². The van der Waals surface area contributed by atoms with Gasteiger partial charge in [0.1, 0.15) is 0 Å². The van der Waals surface area contributed by atoms with Crippen molar-refractivity contribution in [1.29, 1.82) is 0 Å². The van der Waals surface area contributed by atoms with E-state index in [1.165, 1.54) is 24.0 Å². The first-order chi connectivity index (χ1) is 8.20. The SMILES string of the molecule is CCc1cccc(C(C)C(C)CNC2CC2)c1. The van der Waals surface area contributed by atoms with Crippen molar-refractivity contribution in [1.82, 2.24) is 5.32 Å². The van der Waals surface area contributed by atoms with Gasteiger partial charge >= 0.3 is 0 Å². The van der Waals surface area contributed by atoms with Gasteiger partial charge in [0.25, 0.3) is 0 Å². The van der Waals surface area contributed by atoms with E-state index in [1.54, 1.807) is 0 Å². The fourth-order valence-electron chi connectivity index (χ4n) is 2.24. The minimum absolute atomic E-state index is 0.646. The second-order valence-electron chi connectivity index (χ2n) is 5.55. The predicted octanol–water partition coefficient (Wildman–Crippen LogP) is 3.74. The van der Waals surface area contributed by atoms with Gasteiger partial charge in [0, 0.05) is 6.04 Å². The molecule has 1 N–H and O–H groups in total. The van der Waals surface area contributed by atoms with Crippen LogP contribution in [0.4, 0.5) is 0 Å². The minimum Gasteiger partial charge on any atom is -0.314 e. The van der Waals surface area contributed by atoms with Crippen molar-refractivity contribution in [2.75, 3.05) is 6.54 Å². The summed E-state index contributed by atoms with van der Waals surface area (Å²) in [7, 11) is 0. The number of rotatable bonds is 6. The van der Waals surface area contributed by atoms with Gasteiger partial charge in [-0.25, -0.2) is 0 Å². The molecule has 1 fully saturated rings. The predicted molar refractivity (Wildman–Crippen MR) is 74.4 cm³/mol. The Balaban J connectivity index is 1.93. The molecule has 2 rings (SSSR count). The molecule has 0 bridgehead atoms. The molecule has 0 radical (unpaired) electrons. The normalized spacial score (nSPS) is 19.0. The quantitative estimate of drug-likeness (QED) is 0.786. The van der Waals surface area contributed by atoms with E-state index in [4.69, 9.17) is 0 Å². The molecule has 1 aromatic rings. The third-order valence-electron chi connectivity index (χ3n) is 4.04. The zero-order valence-corrected chi connectivity index (χ0v) is 11.4. The average molecular weight is 231 g/mol. The lowest BCUT2D eigenvalue weighted by atomic mass is 9.88. The molecule has 0 aliphatic heterocycles. The highest BCUT2D eigenvalue weighted by atomic mass is 14.9. The van der Waals surface area contributed by atoms with Crippen molar-refractivity contribution in [3.05, 3.63) is 35.4 Å². The largest absolute Gasteiger partial charge is 0.314 e. The molecule has 1 saturated carbocycles.